The summed E-state index contributed by atoms with van der Waals surface area (Å²) < 4.78 is 30.8. The zero-order chi connectivity index (χ0) is 18.0. The Balaban J connectivity index is 2.05. The lowest BCUT2D eigenvalue weighted by molar-refractivity contribution is 0.562. The van der Waals surface area contributed by atoms with Crippen LogP contribution in [-0.2, 0) is 17.1 Å². The monoisotopic (exact) mass is 439 g/mol. The summed E-state index contributed by atoms with van der Waals surface area (Å²) in [7, 11) is -1.96. The van der Waals surface area contributed by atoms with Gasteiger partial charge in [-0.2, -0.15) is 4.72 Å². The minimum Gasteiger partial charge on any atom is -0.336 e. The predicted molar refractivity (Wildman–Crippen MR) is 101 cm³/mol. The standard InChI is InChI=1S/C17H15BrClN3O2S/c1-22-11-10-20-17(22)16(12-6-8-13(19)9-7-12)21-25(23,24)15-5-3-2-4-14(15)18/h2-11,16,21H,1H3/t16-/m0/s1. The van der Waals surface area contributed by atoms with E-state index in [1.165, 1.54) is 0 Å². The van der Waals surface area contributed by atoms with Crippen LogP contribution in [0.1, 0.15) is 17.4 Å². The number of aromatic nitrogens is 2. The zero-order valence-electron chi connectivity index (χ0n) is 13.2. The van der Waals surface area contributed by atoms with Gasteiger partial charge in [0.25, 0.3) is 0 Å². The first kappa shape index (κ1) is 18.1. The Morgan fingerprint density at radius 1 is 1.16 bits per heavy atom. The molecule has 0 unspecified atom stereocenters. The van der Waals surface area contributed by atoms with Gasteiger partial charge in [-0.05, 0) is 45.8 Å². The Morgan fingerprint density at radius 2 is 1.84 bits per heavy atom. The van der Waals surface area contributed by atoms with Crippen molar-refractivity contribution in [2.75, 3.05) is 0 Å². The Kier molecular flexibility index (Phi) is 5.29. The van der Waals surface area contributed by atoms with Crippen LogP contribution >= 0.6 is 27.5 Å². The first-order chi connectivity index (χ1) is 11.9. The van der Waals surface area contributed by atoms with Gasteiger partial charge in [-0.1, -0.05) is 35.9 Å². The van der Waals surface area contributed by atoms with E-state index < -0.39 is 16.1 Å². The molecule has 3 aromatic rings. The van der Waals surface area contributed by atoms with Crippen molar-refractivity contribution in [1.82, 2.24) is 14.3 Å². The van der Waals surface area contributed by atoms with Gasteiger partial charge in [-0.3, -0.25) is 0 Å². The quantitative estimate of drug-likeness (QED) is 0.654. The molecule has 0 fully saturated rings. The highest BCUT2D eigenvalue weighted by molar-refractivity contribution is 9.10. The number of hydrogen-bond donors (Lipinski definition) is 1. The van der Waals surface area contributed by atoms with Gasteiger partial charge in [-0.25, -0.2) is 13.4 Å². The number of rotatable bonds is 5. The minimum absolute atomic E-state index is 0.170. The molecule has 1 atom stereocenters. The van der Waals surface area contributed by atoms with Crippen LogP contribution in [0.15, 0.2) is 70.3 Å². The van der Waals surface area contributed by atoms with Gasteiger partial charge < -0.3 is 4.57 Å². The maximum atomic E-state index is 12.9. The van der Waals surface area contributed by atoms with Crippen molar-refractivity contribution in [3.63, 3.8) is 0 Å². The maximum Gasteiger partial charge on any atom is 0.242 e. The molecule has 1 aromatic heterocycles. The number of benzene rings is 2. The van der Waals surface area contributed by atoms with Gasteiger partial charge in [0.1, 0.15) is 11.9 Å². The van der Waals surface area contributed by atoms with E-state index in [4.69, 9.17) is 11.6 Å². The second kappa shape index (κ2) is 7.29. The Morgan fingerprint density at radius 3 is 2.44 bits per heavy atom. The molecule has 25 heavy (non-hydrogen) atoms. The van der Waals surface area contributed by atoms with Gasteiger partial charge in [0.15, 0.2) is 0 Å². The average molecular weight is 441 g/mol. The van der Waals surface area contributed by atoms with Gasteiger partial charge in [0.05, 0.1) is 4.90 Å². The third-order valence-corrected chi connectivity index (χ3v) is 6.41. The van der Waals surface area contributed by atoms with Crippen LogP contribution in [0.5, 0.6) is 0 Å². The smallest absolute Gasteiger partial charge is 0.242 e. The highest BCUT2D eigenvalue weighted by Crippen LogP contribution is 2.27. The first-order valence-corrected chi connectivity index (χ1v) is 10.0. The molecular weight excluding hydrogens is 426 g/mol. The fourth-order valence-electron chi connectivity index (χ4n) is 2.46. The van der Waals surface area contributed by atoms with E-state index in [2.05, 4.69) is 25.6 Å². The van der Waals surface area contributed by atoms with Crippen LogP contribution in [-0.4, -0.2) is 18.0 Å². The summed E-state index contributed by atoms with van der Waals surface area (Å²) in [6, 6.07) is 13.0. The SMILES string of the molecule is Cn1ccnc1[C@@H](NS(=O)(=O)c1ccccc1Br)c1ccc(Cl)cc1. The predicted octanol–water partition coefficient (Wildman–Crippen LogP) is 3.90. The van der Waals surface area contributed by atoms with E-state index in [1.807, 2.05) is 7.05 Å². The molecule has 130 valence electrons. The lowest BCUT2D eigenvalue weighted by Crippen LogP contribution is -2.31. The summed E-state index contributed by atoms with van der Waals surface area (Å²) in [6.07, 6.45) is 3.40. The van der Waals surface area contributed by atoms with Gasteiger partial charge in [-0.15, -0.1) is 0 Å². The molecule has 0 saturated heterocycles. The van der Waals surface area contributed by atoms with Gasteiger partial charge in [0.2, 0.25) is 10.0 Å². The molecule has 0 radical (unpaired) electrons. The number of halogens is 2. The molecule has 5 nitrogen and oxygen atoms in total. The van der Waals surface area contributed by atoms with Crippen molar-refractivity contribution in [3.8, 4) is 0 Å². The maximum absolute atomic E-state index is 12.9. The van der Waals surface area contributed by atoms with E-state index in [0.29, 0.717) is 15.3 Å². The van der Waals surface area contributed by atoms with Crippen molar-refractivity contribution in [3.05, 3.63) is 81.8 Å². The highest BCUT2D eigenvalue weighted by atomic mass is 79.9. The molecule has 8 heteroatoms. The molecule has 0 aliphatic heterocycles. The number of nitrogens with zero attached hydrogens (tertiary/aromatic N) is 2. The highest BCUT2D eigenvalue weighted by Gasteiger charge is 2.26. The number of sulfonamides is 1. The number of aryl methyl sites for hydroxylation is 1. The molecule has 1 heterocycles. The third-order valence-electron chi connectivity index (χ3n) is 3.72. The molecule has 1 N–H and O–H groups in total. The zero-order valence-corrected chi connectivity index (χ0v) is 16.4. The second-order valence-electron chi connectivity index (χ2n) is 5.43. The molecule has 0 aliphatic carbocycles. The van der Waals surface area contributed by atoms with Crippen molar-refractivity contribution < 1.29 is 8.42 Å². The molecule has 0 saturated carbocycles. The Hall–Kier alpha value is -1.67. The largest absolute Gasteiger partial charge is 0.336 e. The minimum atomic E-state index is -3.77. The fraction of sp³-hybridized carbons (Fsp3) is 0.118. The summed E-state index contributed by atoms with van der Waals surface area (Å²) in [6.45, 7) is 0. The van der Waals surface area contributed by atoms with E-state index >= 15 is 0 Å². The van der Waals surface area contributed by atoms with E-state index in [0.717, 1.165) is 5.56 Å². The summed E-state index contributed by atoms with van der Waals surface area (Å²) in [4.78, 5) is 4.48. The van der Waals surface area contributed by atoms with Crippen LogP contribution in [0.2, 0.25) is 5.02 Å². The Labute approximate surface area is 159 Å². The molecule has 0 aliphatic rings. The summed E-state index contributed by atoms with van der Waals surface area (Å²) in [5, 5.41) is 0.580. The van der Waals surface area contributed by atoms with Crippen LogP contribution in [0, 0.1) is 0 Å². The number of imidazole rings is 1. The lowest BCUT2D eigenvalue weighted by atomic mass is 10.1. The number of hydrogen-bond acceptors (Lipinski definition) is 3. The fourth-order valence-corrected chi connectivity index (χ4v) is 4.77. The van der Waals surface area contributed by atoms with Crippen molar-refractivity contribution >= 4 is 37.6 Å². The van der Waals surface area contributed by atoms with Gasteiger partial charge >= 0.3 is 0 Å². The van der Waals surface area contributed by atoms with Crippen LogP contribution in [0.4, 0.5) is 0 Å². The molecule has 3 rings (SSSR count). The van der Waals surface area contributed by atoms with Crippen LogP contribution < -0.4 is 4.72 Å². The van der Waals surface area contributed by atoms with Gasteiger partial charge in [0, 0.05) is 28.9 Å². The normalized spacial score (nSPS) is 12.9. The van der Waals surface area contributed by atoms with Crippen molar-refractivity contribution in [1.29, 1.82) is 0 Å². The number of nitrogens with one attached hydrogen (secondary N) is 1. The topological polar surface area (TPSA) is 64.0 Å². The van der Waals surface area contributed by atoms with Crippen LogP contribution in [0.3, 0.4) is 0 Å². The molecule has 0 bridgehead atoms. The summed E-state index contributed by atoms with van der Waals surface area (Å²) in [5.41, 5.74) is 0.745. The second-order valence-corrected chi connectivity index (χ2v) is 8.41. The molecule has 2 aromatic carbocycles. The lowest BCUT2D eigenvalue weighted by Gasteiger charge is -2.19. The van der Waals surface area contributed by atoms with Crippen molar-refractivity contribution in [2.24, 2.45) is 7.05 Å². The van der Waals surface area contributed by atoms with Crippen LogP contribution in [0.25, 0.3) is 0 Å². The molecular formula is C17H15BrClN3O2S. The molecule has 0 spiro atoms. The Bertz CT molecular complexity index is 987. The average Bonchev–Trinajstić information content (AvgIpc) is 3.00. The van der Waals surface area contributed by atoms with E-state index in [9.17, 15) is 8.42 Å². The third kappa shape index (κ3) is 3.95. The molecule has 0 amide bonds. The summed E-state index contributed by atoms with van der Waals surface area (Å²) in [5.74, 6) is 0.581. The summed E-state index contributed by atoms with van der Waals surface area (Å²) >= 11 is 9.25. The van der Waals surface area contributed by atoms with E-state index in [1.54, 1.807) is 65.5 Å². The first-order valence-electron chi connectivity index (χ1n) is 7.38. The van der Waals surface area contributed by atoms with E-state index in [-0.39, 0.29) is 4.90 Å². The van der Waals surface area contributed by atoms with Crippen molar-refractivity contribution in [2.45, 2.75) is 10.9 Å².